The average Bonchev–Trinajstić information content (AvgIpc) is 3.13. The Morgan fingerprint density at radius 3 is 2.52 bits per heavy atom. The molecule has 162 valence electrons. The average molecular weight is 469 g/mol. The number of rotatable bonds is 4. The van der Waals surface area contributed by atoms with Gasteiger partial charge in [-0.2, -0.15) is 5.10 Å². The molecule has 0 saturated heterocycles. The zero-order valence-corrected chi connectivity index (χ0v) is 18.1. The van der Waals surface area contributed by atoms with Crippen LogP contribution in [0, 0.1) is 6.92 Å². The Labute approximate surface area is 185 Å². The van der Waals surface area contributed by atoms with E-state index in [-0.39, 0.29) is 27.2 Å². The van der Waals surface area contributed by atoms with Gasteiger partial charge in [0, 0.05) is 18.7 Å². The molecule has 31 heavy (non-hydrogen) atoms. The maximum atomic E-state index is 13.3. The molecule has 1 aliphatic rings. The normalized spacial score (nSPS) is 14.0. The van der Waals surface area contributed by atoms with E-state index in [9.17, 15) is 13.6 Å². The first-order chi connectivity index (χ1) is 14.6. The molecule has 0 spiro atoms. The number of anilines is 1. The molecule has 11 heteroatoms. The van der Waals surface area contributed by atoms with Crippen molar-refractivity contribution in [3.63, 3.8) is 0 Å². The molecule has 1 aliphatic heterocycles. The molecule has 0 fully saturated rings. The van der Waals surface area contributed by atoms with Crippen molar-refractivity contribution in [1.29, 1.82) is 0 Å². The summed E-state index contributed by atoms with van der Waals surface area (Å²) in [5, 5.41) is 7.37. The number of amides is 1. The fourth-order valence-corrected chi connectivity index (χ4v) is 3.77. The molecule has 0 atom stereocenters. The lowest BCUT2D eigenvalue weighted by Gasteiger charge is -2.13. The first kappa shape index (κ1) is 21.3. The van der Waals surface area contributed by atoms with Gasteiger partial charge in [0.25, 0.3) is 5.91 Å². The Morgan fingerprint density at radius 1 is 1.23 bits per heavy atom. The third-order valence-corrected chi connectivity index (χ3v) is 5.52. The number of hydrogen-bond donors (Lipinski definition) is 1. The summed E-state index contributed by atoms with van der Waals surface area (Å²) in [6.45, 7) is 3.61. The van der Waals surface area contributed by atoms with E-state index in [1.54, 1.807) is 20.0 Å². The monoisotopic (exact) mass is 468 g/mol. The number of halogens is 4. The molecule has 1 aromatic carbocycles. The number of nitrogens with one attached hydrogen (secondary N) is 1. The lowest BCUT2D eigenvalue weighted by atomic mass is 10.1. The number of hydrogen-bond acceptors (Lipinski definition) is 5. The van der Waals surface area contributed by atoms with E-state index < -0.39 is 12.2 Å². The number of alkyl halides is 2. The van der Waals surface area contributed by atoms with E-state index in [1.807, 2.05) is 6.92 Å². The number of fused-ring (bicyclic) bond motifs is 1. The first-order valence-corrected chi connectivity index (χ1v) is 9.94. The van der Waals surface area contributed by atoms with Gasteiger partial charge in [0.05, 0.1) is 33.3 Å². The van der Waals surface area contributed by atoms with Crippen molar-refractivity contribution in [2.45, 2.75) is 26.6 Å². The maximum Gasteiger partial charge on any atom is 0.586 e. The highest BCUT2D eigenvalue weighted by molar-refractivity contribution is 6.35. The standard InChI is InChI=1S/C20H16Cl2F2N4O3/c1-4-10-5-13(11-6-15-16(7-12(11)21)31-20(23,24)30-15)25-8-14(10)26-19(29)18-17(22)9(2)27-28(18)3/h5-8H,4H2,1-3H3,(H,26,29). The summed E-state index contributed by atoms with van der Waals surface area (Å²) >= 11 is 12.4. The number of nitrogens with zero attached hydrogens (tertiary/aromatic N) is 3. The number of carbonyl (C=O) groups is 1. The van der Waals surface area contributed by atoms with E-state index in [4.69, 9.17) is 23.2 Å². The topological polar surface area (TPSA) is 78.3 Å². The van der Waals surface area contributed by atoms with E-state index in [0.717, 1.165) is 5.56 Å². The van der Waals surface area contributed by atoms with Crippen molar-refractivity contribution >= 4 is 34.8 Å². The molecule has 0 saturated carbocycles. The molecule has 0 aliphatic carbocycles. The van der Waals surface area contributed by atoms with Crippen LogP contribution in [0.4, 0.5) is 14.5 Å². The fourth-order valence-electron chi connectivity index (χ4n) is 3.28. The number of benzene rings is 1. The predicted molar refractivity (Wildman–Crippen MR) is 111 cm³/mol. The minimum Gasteiger partial charge on any atom is -0.395 e. The van der Waals surface area contributed by atoms with Crippen molar-refractivity contribution < 1.29 is 23.0 Å². The SMILES string of the molecule is CCc1cc(-c2cc3c(cc2Cl)OC(F)(F)O3)ncc1NC(=O)c1c(Cl)c(C)nn1C. The van der Waals surface area contributed by atoms with E-state index in [1.165, 1.54) is 23.0 Å². The van der Waals surface area contributed by atoms with Gasteiger partial charge in [-0.25, -0.2) is 0 Å². The Hall–Kier alpha value is -2.91. The zero-order chi connectivity index (χ0) is 22.5. The summed E-state index contributed by atoms with van der Waals surface area (Å²) in [6, 6.07) is 4.31. The molecular weight excluding hydrogens is 453 g/mol. The van der Waals surface area contributed by atoms with Crippen LogP contribution in [-0.2, 0) is 13.5 Å². The number of aromatic nitrogens is 3. The third-order valence-electron chi connectivity index (χ3n) is 4.75. The molecular formula is C20H16Cl2F2N4O3. The first-order valence-electron chi connectivity index (χ1n) is 9.18. The van der Waals surface area contributed by atoms with Gasteiger partial charge in [0.1, 0.15) is 5.69 Å². The highest BCUT2D eigenvalue weighted by atomic mass is 35.5. The molecule has 3 heterocycles. The van der Waals surface area contributed by atoms with Gasteiger partial charge in [-0.1, -0.05) is 30.1 Å². The highest BCUT2D eigenvalue weighted by Crippen LogP contribution is 2.46. The Morgan fingerprint density at radius 2 is 1.90 bits per heavy atom. The van der Waals surface area contributed by atoms with Crippen molar-refractivity contribution in [3.8, 4) is 22.8 Å². The smallest absolute Gasteiger partial charge is 0.395 e. The van der Waals surface area contributed by atoms with Crippen LogP contribution in [0.3, 0.4) is 0 Å². The van der Waals surface area contributed by atoms with Gasteiger partial charge >= 0.3 is 6.29 Å². The number of pyridine rings is 1. The Balaban J connectivity index is 1.66. The van der Waals surface area contributed by atoms with Crippen LogP contribution >= 0.6 is 23.2 Å². The number of ether oxygens (including phenoxy) is 2. The summed E-state index contributed by atoms with van der Waals surface area (Å²) in [4.78, 5) is 17.1. The van der Waals surface area contributed by atoms with Crippen LogP contribution in [0.2, 0.25) is 10.0 Å². The van der Waals surface area contributed by atoms with Crippen LogP contribution < -0.4 is 14.8 Å². The molecule has 1 amide bonds. The van der Waals surface area contributed by atoms with Crippen LogP contribution in [0.25, 0.3) is 11.3 Å². The second kappa shape index (κ2) is 7.65. The summed E-state index contributed by atoms with van der Waals surface area (Å²) in [5.41, 5.74) is 2.82. The van der Waals surface area contributed by atoms with Crippen molar-refractivity contribution in [1.82, 2.24) is 14.8 Å². The largest absolute Gasteiger partial charge is 0.586 e. The summed E-state index contributed by atoms with van der Waals surface area (Å²) in [6.07, 6.45) is -1.71. The van der Waals surface area contributed by atoms with Gasteiger partial charge in [0.15, 0.2) is 11.5 Å². The molecule has 4 rings (SSSR count). The van der Waals surface area contributed by atoms with Crippen molar-refractivity contribution in [2.24, 2.45) is 7.05 Å². The van der Waals surface area contributed by atoms with Crippen LogP contribution in [0.15, 0.2) is 24.4 Å². The van der Waals surface area contributed by atoms with Gasteiger partial charge < -0.3 is 14.8 Å². The molecule has 7 nitrogen and oxygen atoms in total. The van der Waals surface area contributed by atoms with Crippen molar-refractivity contribution in [3.05, 3.63) is 51.4 Å². The minimum atomic E-state index is -3.74. The quantitative estimate of drug-likeness (QED) is 0.566. The van der Waals surface area contributed by atoms with E-state index >= 15 is 0 Å². The number of aryl methyl sites for hydroxylation is 3. The summed E-state index contributed by atoms with van der Waals surface area (Å²) in [7, 11) is 1.63. The third kappa shape index (κ3) is 3.90. The van der Waals surface area contributed by atoms with Gasteiger partial charge in [0.2, 0.25) is 0 Å². The lowest BCUT2D eigenvalue weighted by molar-refractivity contribution is -0.286. The molecule has 0 bridgehead atoms. The van der Waals surface area contributed by atoms with Gasteiger partial charge in [-0.15, -0.1) is 8.78 Å². The molecule has 2 aromatic heterocycles. The predicted octanol–water partition coefficient (Wildman–Crippen LogP) is 5.23. The lowest BCUT2D eigenvalue weighted by Crippen LogP contribution is -2.25. The zero-order valence-electron chi connectivity index (χ0n) is 16.6. The molecule has 3 aromatic rings. The molecule has 0 unspecified atom stereocenters. The fraction of sp³-hybridized carbons (Fsp3) is 0.250. The van der Waals surface area contributed by atoms with Gasteiger partial charge in [-0.3, -0.25) is 14.5 Å². The number of carbonyl (C=O) groups excluding carboxylic acids is 1. The highest BCUT2D eigenvalue weighted by Gasteiger charge is 2.44. The minimum absolute atomic E-state index is 0.136. The summed E-state index contributed by atoms with van der Waals surface area (Å²) < 4.78 is 37.0. The van der Waals surface area contributed by atoms with E-state index in [2.05, 4.69) is 24.9 Å². The Bertz CT molecular complexity index is 1210. The Kier molecular flexibility index (Phi) is 5.26. The second-order valence-corrected chi connectivity index (χ2v) is 7.64. The van der Waals surface area contributed by atoms with Crippen LogP contribution in [0.5, 0.6) is 11.5 Å². The molecule has 0 radical (unpaired) electrons. The van der Waals surface area contributed by atoms with Crippen LogP contribution in [0.1, 0.15) is 28.7 Å². The van der Waals surface area contributed by atoms with E-state index in [0.29, 0.717) is 29.1 Å². The van der Waals surface area contributed by atoms with Crippen molar-refractivity contribution in [2.75, 3.05) is 5.32 Å². The van der Waals surface area contributed by atoms with Gasteiger partial charge in [-0.05, 0) is 31.0 Å². The van der Waals surface area contributed by atoms with Crippen LogP contribution in [-0.4, -0.2) is 27.0 Å². The maximum absolute atomic E-state index is 13.3. The second-order valence-electron chi connectivity index (χ2n) is 6.85. The molecule has 1 N–H and O–H groups in total. The summed E-state index contributed by atoms with van der Waals surface area (Å²) in [5.74, 6) is -0.717.